The topological polar surface area (TPSA) is 58.6 Å². The molecule has 0 N–H and O–H groups in total. The average molecular weight is 597 g/mol. The van der Waals surface area contributed by atoms with Gasteiger partial charge in [0.1, 0.15) is 5.60 Å². The third kappa shape index (κ3) is 7.48. The number of rotatable bonds is 5. The van der Waals surface area contributed by atoms with Gasteiger partial charge in [-0.15, -0.1) is 0 Å². The van der Waals surface area contributed by atoms with Gasteiger partial charge >= 0.3 is 18.4 Å². The van der Waals surface area contributed by atoms with E-state index in [2.05, 4.69) is 25.9 Å². The molecule has 1 aliphatic rings. The SMILES string of the molecule is CC[C@@H]1C[C@H](N(Cc2cc(C(F)(F)F)cc(C(F)(F)F)c2)c2ncc(Br)cn2)CN1C(=O)OC(C)(C)C. The van der Waals surface area contributed by atoms with Crippen molar-refractivity contribution in [2.24, 2.45) is 0 Å². The fraction of sp³-hybridized carbons (Fsp3) is 0.542. The van der Waals surface area contributed by atoms with Crippen LogP contribution in [0.5, 0.6) is 0 Å². The molecule has 1 aliphatic heterocycles. The number of aromatic nitrogens is 2. The van der Waals surface area contributed by atoms with Crippen molar-refractivity contribution in [1.82, 2.24) is 14.9 Å². The van der Waals surface area contributed by atoms with Crippen LogP contribution in [0.25, 0.3) is 0 Å². The molecule has 6 nitrogen and oxygen atoms in total. The minimum atomic E-state index is -4.97. The third-order valence-electron chi connectivity index (χ3n) is 5.80. The molecule has 204 valence electrons. The molecule has 2 atom stereocenters. The Morgan fingerprint density at radius 2 is 1.59 bits per heavy atom. The van der Waals surface area contributed by atoms with Gasteiger partial charge in [0.15, 0.2) is 0 Å². The first-order valence-corrected chi connectivity index (χ1v) is 12.3. The summed E-state index contributed by atoms with van der Waals surface area (Å²) >= 11 is 3.22. The van der Waals surface area contributed by atoms with E-state index in [0.717, 1.165) is 0 Å². The minimum Gasteiger partial charge on any atom is -0.444 e. The predicted octanol–water partition coefficient (Wildman–Crippen LogP) is 7.07. The molecule has 1 saturated heterocycles. The van der Waals surface area contributed by atoms with Crippen LogP contribution in [0.15, 0.2) is 35.1 Å². The van der Waals surface area contributed by atoms with Crippen LogP contribution in [0.3, 0.4) is 0 Å². The van der Waals surface area contributed by atoms with Crippen LogP contribution in [-0.4, -0.2) is 45.2 Å². The number of anilines is 1. The summed E-state index contributed by atoms with van der Waals surface area (Å²) in [5, 5.41) is 0. The lowest BCUT2D eigenvalue weighted by Crippen LogP contribution is -2.42. The van der Waals surface area contributed by atoms with Crippen LogP contribution in [-0.2, 0) is 23.6 Å². The zero-order valence-electron chi connectivity index (χ0n) is 20.6. The summed E-state index contributed by atoms with van der Waals surface area (Å²) < 4.78 is 86.7. The number of hydrogen-bond acceptors (Lipinski definition) is 5. The molecular weight excluding hydrogens is 570 g/mol. The maximum atomic E-state index is 13.4. The summed E-state index contributed by atoms with van der Waals surface area (Å²) in [5.74, 6) is 0.111. The highest BCUT2D eigenvalue weighted by atomic mass is 79.9. The van der Waals surface area contributed by atoms with Crippen molar-refractivity contribution >= 4 is 28.0 Å². The molecule has 0 saturated carbocycles. The van der Waals surface area contributed by atoms with Crippen molar-refractivity contribution in [2.75, 3.05) is 11.4 Å². The van der Waals surface area contributed by atoms with E-state index in [1.165, 1.54) is 22.2 Å². The molecule has 2 heterocycles. The smallest absolute Gasteiger partial charge is 0.416 e. The molecule has 0 bridgehead atoms. The number of hydrogen-bond donors (Lipinski definition) is 0. The average Bonchev–Trinajstić information content (AvgIpc) is 3.20. The Labute approximate surface area is 219 Å². The van der Waals surface area contributed by atoms with Crippen LogP contribution >= 0.6 is 15.9 Å². The molecule has 0 radical (unpaired) electrons. The summed E-state index contributed by atoms with van der Waals surface area (Å²) in [6.07, 6.45) is -6.64. The number of amides is 1. The number of carbonyl (C=O) groups excluding carboxylic acids is 1. The number of halogens is 7. The second-order valence-electron chi connectivity index (χ2n) is 9.83. The van der Waals surface area contributed by atoms with E-state index >= 15 is 0 Å². The highest BCUT2D eigenvalue weighted by molar-refractivity contribution is 9.10. The first kappa shape index (κ1) is 29.0. The molecular formula is C24H27BrF6N4O2. The quantitative estimate of drug-likeness (QED) is 0.345. The highest BCUT2D eigenvalue weighted by Crippen LogP contribution is 2.37. The first-order chi connectivity index (χ1) is 17.0. The Morgan fingerprint density at radius 3 is 2.05 bits per heavy atom. The second-order valence-corrected chi connectivity index (χ2v) is 10.7. The van der Waals surface area contributed by atoms with Gasteiger partial charge in [0.25, 0.3) is 0 Å². The van der Waals surface area contributed by atoms with Crippen LogP contribution in [0.1, 0.15) is 57.2 Å². The van der Waals surface area contributed by atoms with Crippen molar-refractivity contribution in [1.29, 1.82) is 0 Å². The van der Waals surface area contributed by atoms with Crippen LogP contribution in [0, 0.1) is 0 Å². The Bertz CT molecular complexity index is 1070. The van der Waals surface area contributed by atoms with Crippen molar-refractivity contribution < 1.29 is 35.9 Å². The Kier molecular flexibility index (Phi) is 8.35. The van der Waals surface area contributed by atoms with E-state index in [9.17, 15) is 31.1 Å². The second kappa shape index (κ2) is 10.7. The van der Waals surface area contributed by atoms with E-state index in [1.807, 2.05) is 6.92 Å². The largest absolute Gasteiger partial charge is 0.444 e. The van der Waals surface area contributed by atoms with Crippen molar-refractivity contribution in [2.45, 2.75) is 77.1 Å². The molecule has 3 rings (SSSR count). The molecule has 13 heteroatoms. The van der Waals surface area contributed by atoms with Gasteiger partial charge in [0.05, 0.1) is 21.6 Å². The molecule has 1 fully saturated rings. The van der Waals surface area contributed by atoms with Gasteiger partial charge in [-0.3, -0.25) is 0 Å². The van der Waals surface area contributed by atoms with E-state index < -0.39 is 41.2 Å². The number of carbonyl (C=O) groups is 1. The van der Waals surface area contributed by atoms with Gasteiger partial charge < -0.3 is 14.5 Å². The fourth-order valence-electron chi connectivity index (χ4n) is 4.17. The van der Waals surface area contributed by atoms with Gasteiger partial charge in [-0.1, -0.05) is 6.92 Å². The molecule has 37 heavy (non-hydrogen) atoms. The van der Waals surface area contributed by atoms with Gasteiger partial charge in [-0.2, -0.15) is 26.3 Å². The Balaban J connectivity index is 2.01. The standard InChI is InChI=1S/C24H27BrF6N4O2/c1-5-18-9-19(13-35(18)21(36)37-22(2,3)4)34(20-32-10-17(25)11-33-20)12-14-6-15(23(26,27)28)8-16(7-14)24(29,30)31/h6-8,10-11,18-19H,5,9,12-13H2,1-4H3/t18-,19+/m1/s1. The predicted molar refractivity (Wildman–Crippen MR) is 128 cm³/mol. The van der Waals surface area contributed by atoms with Crippen molar-refractivity contribution in [3.8, 4) is 0 Å². The summed E-state index contributed by atoms with van der Waals surface area (Å²) in [4.78, 5) is 24.4. The summed E-state index contributed by atoms with van der Waals surface area (Å²) in [6, 6.07) is 0.752. The van der Waals surface area contributed by atoms with E-state index in [1.54, 1.807) is 20.8 Å². The normalized spacial score (nSPS) is 18.7. The maximum absolute atomic E-state index is 13.4. The third-order valence-corrected chi connectivity index (χ3v) is 6.21. The van der Waals surface area contributed by atoms with E-state index in [0.29, 0.717) is 29.4 Å². The van der Waals surface area contributed by atoms with Crippen molar-refractivity contribution in [3.05, 3.63) is 51.8 Å². The van der Waals surface area contributed by atoms with Gasteiger partial charge in [-0.25, -0.2) is 14.8 Å². The van der Waals surface area contributed by atoms with Gasteiger partial charge in [0.2, 0.25) is 5.95 Å². The summed E-state index contributed by atoms with van der Waals surface area (Å²) in [5.41, 5.74) is -3.75. The number of likely N-dealkylation sites (tertiary alicyclic amines) is 1. The Hall–Kier alpha value is -2.57. The molecule has 1 aromatic carbocycles. The summed E-state index contributed by atoms with van der Waals surface area (Å²) in [6.45, 7) is 6.87. The van der Waals surface area contributed by atoms with Gasteiger partial charge in [-0.05, 0) is 73.3 Å². The number of nitrogens with zero attached hydrogens (tertiary/aromatic N) is 4. The van der Waals surface area contributed by atoms with Crippen molar-refractivity contribution in [3.63, 3.8) is 0 Å². The molecule has 1 amide bonds. The maximum Gasteiger partial charge on any atom is 0.416 e. The van der Waals surface area contributed by atoms with Crippen LogP contribution in [0.4, 0.5) is 37.1 Å². The highest BCUT2D eigenvalue weighted by Gasteiger charge is 2.41. The zero-order chi connectivity index (χ0) is 27.8. The lowest BCUT2D eigenvalue weighted by atomic mass is 10.0. The number of alkyl halides is 6. The lowest BCUT2D eigenvalue weighted by molar-refractivity contribution is -0.143. The molecule has 2 aromatic rings. The molecule has 0 unspecified atom stereocenters. The summed E-state index contributed by atoms with van der Waals surface area (Å²) in [7, 11) is 0. The van der Waals surface area contributed by atoms with Gasteiger partial charge in [0, 0.05) is 31.5 Å². The van der Waals surface area contributed by atoms with Crippen LogP contribution < -0.4 is 4.90 Å². The zero-order valence-corrected chi connectivity index (χ0v) is 22.2. The molecule has 1 aromatic heterocycles. The van der Waals surface area contributed by atoms with E-state index in [-0.39, 0.29) is 36.7 Å². The molecule has 0 spiro atoms. The lowest BCUT2D eigenvalue weighted by Gasteiger charge is -2.30. The van der Waals surface area contributed by atoms with Crippen LogP contribution in [0.2, 0.25) is 0 Å². The van der Waals surface area contributed by atoms with E-state index in [4.69, 9.17) is 4.74 Å². The number of benzene rings is 1. The minimum absolute atomic E-state index is 0.0941. The fourth-order valence-corrected chi connectivity index (χ4v) is 4.38. The number of ether oxygens (including phenoxy) is 1. The first-order valence-electron chi connectivity index (χ1n) is 11.5. The Morgan fingerprint density at radius 1 is 1.05 bits per heavy atom. The molecule has 0 aliphatic carbocycles. The monoisotopic (exact) mass is 596 g/mol.